The summed E-state index contributed by atoms with van der Waals surface area (Å²) >= 11 is 0. The van der Waals surface area contributed by atoms with Crippen LogP contribution in [-0.2, 0) is 19.6 Å². The van der Waals surface area contributed by atoms with Crippen LogP contribution in [0.15, 0.2) is 48.5 Å². The number of benzene rings is 2. The van der Waals surface area contributed by atoms with Crippen molar-refractivity contribution >= 4 is 33.2 Å². The predicted molar refractivity (Wildman–Crippen MR) is 128 cm³/mol. The molecule has 2 aromatic rings. The first-order chi connectivity index (χ1) is 15.8. The standard InChI is InChI=1S/C23H31N3O6S/c1-31-17-9-15-24-23(28)18-10-4-5-11-19(18)25-22(27)14-8-16-26(33(3,29)30)20-12-6-7-13-21(20)32-2/h4-7,10-13H,8-9,14-17H2,1-3H3,(H,24,28)(H,25,27). The van der Waals surface area contributed by atoms with Gasteiger partial charge in [0, 0.05) is 33.2 Å². The van der Waals surface area contributed by atoms with E-state index in [9.17, 15) is 18.0 Å². The summed E-state index contributed by atoms with van der Waals surface area (Å²) in [5, 5.41) is 5.55. The van der Waals surface area contributed by atoms with Crippen LogP contribution in [-0.4, -0.2) is 60.4 Å². The molecule has 0 bridgehead atoms. The van der Waals surface area contributed by atoms with Crippen LogP contribution < -0.4 is 19.7 Å². The second-order valence-electron chi connectivity index (χ2n) is 7.31. The third-order valence-electron chi connectivity index (χ3n) is 4.78. The third-order valence-corrected chi connectivity index (χ3v) is 5.96. The average molecular weight is 478 g/mol. The number of methoxy groups -OCH3 is 2. The molecule has 0 heterocycles. The van der Waals surface area contributed by atoms with E-state index in [1.807, 2.05) is 0 Å². The lowest BCUT2D eigenvalue weighted by atomic mass is 10.1. The normalized spacial score (nSPS) is 11.0. The second-order valence-corrected chi connectivity index (χ2v) is 9.21. The van der Waals surface area contributed by atoms with Crippen molar-refractivity contribution < 1.29 is 27.5 Å². The largest absolute Gasteiger partial charge is 0.495 e. The van der Waals surface area contributed by atoms with Gasteiger partial charge in [-0.1, -0.05) is 24.3 Å². The van der Waals surface area contributed by atoms with Crippen molar-refractivity contribution in [3.8, 4) is 5.75 Å². The summed E-state index contributed by atoms with van der Waals surface area (Å²) in [6, 6.07) is 13.5. The fraction of sp³-hybridized carbons (Fsp3) is 0.391. The van der Waals surface area contributed by atoms with Crippen LogP contribution in [0.3, 0.4) is 0 Å². The van der Waals surface area contributed by atoms with Gasteiger partial charge in [0.2, 0.25) is 15.9 Å². The minimum atomic E-state index is -3.58. The van der Waals surface area contributed by atoms with Crippen molar-refractivity contribution in [2.45, 2.75) is 19.3 Å². The van der Waals surface area contributed by atoms with Gasteiger partial charge in [-0.25, -0.2) is 8.42 Å². The number of carbonyl (C=O) groups is 2. The Morgan fingerprint density at radius 2 is 1.70 bits per heavy atom. The van der Waals surface area contributed by atoms with Crippen molar-refractivity contribution in [3.63, 3.8) is 0 Å². The molecule has 0 fully saturated rings. The van der Waals surface area contributed by atoms with Crippen molar-refractivity contribution in [1.82, 2.24) is 5.32 Å². The van der Waals surface area contributed by atoms with Crippen LogP contribution >= 0.6 is 0 Å². The summed E-state index contributed by atoms with van der Waals surface area (Å²) in [6.07, 6.45) is 2.15. The number of para-hydroxylation sites is 3. The summed E-state index contributed by atoms with van der Waals surface area (Å²) in [7, 11) is -0.513. The zero-order valence-corrected chi connectivity index (χ0v) is 20.0. The zero-order chi connectivity index (χ0) is 24.3. The van der Waals surface area contributed by atoms with E-state index in [4.69, 9.17) is 9.47 Å². The highest BCUT2D eigenvalue weighted by Gasteiger charge is 2.21. The lowest BCUT2D eigenvalue weighted by molar-refractivity contribution is -0.116. The topological polar surface area (TPSA) is 114 Å². The predicted octanol–water partition coefficient (Wildman–Crippen LogP) is 2.65. The maximum atomic E-state index is 12.5. The molecular formula is C23H31N3O6S. The molecule has 0 aliphatic rings. The van der Waals surface area contributed by atoms with E-state index in [-0.39, 0.29) is 31.2 Å². The number of carbonyl (C=O) groups excluding carboxylic acids is 2. The average Bonchev–Trinajstić information content (AvgIpc) is 2.79. The Morgan fingerprint density at radius 1 is 1.00 bits per heavy atom. The minimum absolute atomic E-state index is 0.0744. The highest BCUT2D eigenvalue weighted by atomic mass is 32.2. The van der Waals surface area contributed by atoms with Gasteiger partial charge in [0.25, 0.3) is 5.91 Å². The Labute approximate surface area is 195 Å². The molecule has 0 radical (unpaired) electrons. The van der Waals surface area contributed by atoms with E-state index < -0.39 is 10.0 Å². The number of rotatable bonds is 13. The molecule has 2 amide bonds. The van der Waals surface area contributed by atoms with Crippen LogP contribution in [0.5, 0.6) is 5.75 Å². The van der Waals surface area contributed by atoms with E-state index in [0.29, 0.717) is 42.3 Å². The second kappa shape index (κ2) is 12.8. The molecule has 0 unspecified atom stereocenters. The van der Waals surface area contributed by atoms with E-state index in [1.54, 1.807) is 55.6 Å². The Morgan fingerprint density at radius 3 is 2.39 bits per heavy atom. The minimum Gasteiger partial charge on any atom is -0.495 e. The summed E-state index contributed by atoms with van der Waals surface area (Å²) < 4.78 is 36.1. The van der Waals surface area contributed by atoms with E-state index in [1.165, 1.54) is 11.4 Å². The smallest absolute Gasteiger partial charge is 0.253 e. The Bertz CT molecular complexity index is 1040. The molecule has 0 spiro atoms. The molecule has 0 atom stereocenters. The molecule has 0 saturated heterocycles. The molecule has 2 N–H and O–H groups in total. The van der Waals surface area contributed by atoms with Gasteiger partial charge in [-0.15, -0.1) is 0 Å². The van der Waals surface area contributed by atoms with E-state index >= 15 is 0 Å². The Balaban J connectivity index is 1.99. The summed E-state index contributed by atoms with van der Waals surface area (Å²) in [5.41, 5.74) is 1.17. The van der Waals surface area contributed by atoms with Gasteiger partial charge in [-0.3, -0.25) is 13.9 Å². The first kappa shape index (κ1) is 26.1. The lowest BCUT2D eigenvalue weighted by Gasteiger charge is -2.24. The highest BCUT2D eigenvalue weighted by Crippen LogP contribution is 2.29. The number of ether oxygens (including phenoxy) is 2. The highest BCUT2D eigenvalue weighted by molar-refractivity contribution is 7.92. The van der Waals surface area contributed by atoms with Crippen molar-refractivity contribution in [3.05, 3.63) is 54.1 Å². The Kier molecular flexibility index (Phi) is 10.1. The van der Waals surface area contributed by atoms with Gasteiger partial charge in [0.15, 0.2) is 0 Å². The molecule has 0 aliphatic carbocycles. The van der Waals surface area contributed by atoms with Gasteiger partial charge in [0.1, 0.15) is 5.75 Å². The van der Waals surface area contributed by atoms with Crippen molar-refractivity contribution in [2.24, 2.45) is 0 Å². The van der Waals surface area contributed by atoms with Crippen LogP contribution in [0.25, 0.3) is 0 Å². The zero-order valence-electron chi connectivity index (χ0n) is 19.2. The van der Waals surface area contributed by atoms with Gasteiger partial charge < -0.3 is 20.1 Å². The first-order valence-corrected chi connectivity index (χ1v) is 12.4. The SMILES string of the molecule is COCCCNC(=O)c1ccccc1NC(=O)CCCN(c1ccccc1OC)S(C)(=O)=O. The Hall–Kier alpha value is -3.11. The maximum Gasteiger partial charge on any atom is 0.253 e. The van der Waals surface area contributed by atoms with Crippen LogP contribution in [0.4, 0.5) is 11.4 Å². The molecule has 0 saturated carbocycles. The van der Waals surface area contributed by atoms with Crippen LogP contribution in [0.2, 0.25) is 0 Å². The monoisotopic (exact) mass is 477 g/mol. The fourth-order valence-corrected chi connectivity index (χ4v) is 4.17. The molecule has 0 aliphatic heterocycles. The third kappa shape index (κ3) is 8.07. The molecular weight excluding hydrogens is 446 g/mol. The van der Waals surface area contributed by atoms with Crippen LogP contribution in [0.1, 0.15) is 29.6 Å². The number of anilines is 2. The fourth-order valence-electron chi connectivity index (χ4n) is 3.20. The molecule has 180 valence electrons. The number of nitrogens with one attached hydrogen (secondary N) is 2. The summed E-state index contributed by atoms with van der Waals surface area (Å²) in [4.78, 5) is 25.0. The van der Waals surface area contributed by atoms with Crippen molar-refractivity contribution in [2.75, 3.05) is 49.8 Å². The number of sulfonamides is 1. The van der Waals surface area contributed by atoms with E-state index in [0.717, 1.165) is 6.26 Å². The summed E-state index contributed by atoms with van der Waals surface area (Å²) in [5.74, 6) is -0.178. The molecule has 33 heavy (non-hydrogen) atoms. The summed E-state index contributed by atoms with van der Waals surface area (Å²) in [6.45, 7) is 1.10. The number of hydrogen-bond donors (Lipinski definition) is 2. The number of hydrogen-bond acceptors (Lipinski definition) is 6. The van der Waals surface area contributed by atoms with Gasteiger partial charge >= 0.3 is 0 Å². The van der Waals surface area contributed by atoms with Crippen LogP contribution in [0, 0.1) is 0 Å². The van der Waals surface area contributed by atoms with Crippen molar-refractivity contribution in [1.29, 1.82) is 0 Å². The molecule has 9 nitrogen and oxygen atoms in total. The van der Waals surface area contributed by atoms with E-state index in [2.05, 4.69) is 10.6 Å². The maximum absolute atomic E-state index is 12.5. The number of nitrogens with zero attached hydrogens (tertiary/aromatic N) is 1. The molecule has 2 rings (SSSR count). The molecule has 10 heteroatoms. The molecule has 0 aromatic heterocycles. The van der Waals surface area contributed by atoms with Gasteiger partial charge in [0.05, 0.1) is 30.3 Å². The van der Waals surface area contributed by atoms with Gasteiger partial charge in [-0.2, -0.15) is 0 Å². The quantitative estimate of drug-likeness (QED) is 0.429. The molecule has 2 aromatic carbocycles. The first-order valence-electron chi connectivity index (χ1n) is 10.5. The lowest BCUT2D eigenvalue weighted by Crippen LogP contribution is -2.32. The van der Waals surface area contributed by atoms with Gasteiger partial charge in [-0.05, 0) is 37.1 Å². The number of amides is 2.